The molecule has 1 saturated heterocycles. The Morgan fingerprint density at radius 3 is 2.71 bits per heavy atom. The van der Waals surface area contributed by atoms with Crippen LogP contribution in [-0.2, 0) is 23.0 Å². The number of amides is 1. The summed E-state index contributed by atoms with van der Waals surface area (Å²) in [5, 5.41) is 1.53. The highest BCUT2D eigenvalue weighted by Gasteiger charge is 2.34. The Hall–Kier alpha value is -1.98. The van der Waals surface area contributed by atoms with Gasteiger partial charge < -0.3 is 14.2 Å². The Labute approximate surface area is 189 Å². The van der Waals surface area contributed by atoms with Crippen LogP contribution in [-0.4, -0.2) is 73.2 Å². The first kappa shape index (κ1) is 20.9. The third kappa shape index (κ3) is 3.87. The second-order valence-electron chi connectivity index (χ2n) is 7.82. The lowest BCUT2D eigenvalue weighted by Gasteiger charge is -2.32. The van der Waals surface area contributed by atoms with Gasteiger partial charge in [-0.25, -0.2) is 13.4 Å². The zero-order chi connectivity index (χ0) is 21.8. The SMILES string of the molecule is CN1CCc2nc(C(=O)N3CCN(S(=O)(=O)c4cc5cc(Cl)ccc5o4)CC3)sc2C1. The summed E-state index contributed by atoms with van der Waals surface area (Å²) in [7, 11) is -1.74. The van der Waals surface area contributed by atoms with Crippen LogP contribution in [0.15, 0.2) is 33.8 Å². The summed E-state index contributed by atoms with van der Waals surface area (Å²) in [6.07, 6.45) is 0.852. The van der Waals surface area contributed by atoms with Crippen molar-refractivity contribution in [2.24, 2.45) is 0 Å². The molecule has 11 heteroatoms. The summed E-state index contributed by atoms with van der Waals surface area (Å²) in [6.45, 7) is 2.80. The number of halogens is 1. The molecule has 2 aliphatic heterocycles. The van der Waals surface area contributed by atoms with E-state index in [1.165, 1.54) is 21.7 Å². The highest BCUT2D eigenvalue weighted by Crippen LogP contribution is 2.29. The molecule has 0 N–H and O–H groups in total. The average Bonchev–Trinajstić information content (AvgIpc) is 3.37. The second-order valence-corrected chi connectivity index (χ2v) is 11.2. The van der Waals surface area contributed by atoms with E-state index in [9.17, 15) is 13.2 Å². The minimum Gasteiger partial charge on any atom is -0.443 e. The largest absolute Gasteiger partial charge is 0.443 e. The van der Waals surface area contributed by atoms with E-state index in [0.717, 1.165) is 30.1 Å². The highest BCUT2D eigenvalue weighted by molar-refractivity contribution is 7.89. The number of piperazine rings is 1. The van der Waals surface area contributed by atoms with Crippen LogP contribution >= 0.6 is 22.9 Å². The predicted octanol–water partition coefficient (Wildman–Crippen LogP) is 2.68. The van der Waals surface area contributed by atoms with Gasteiger partial charge in [-0.05, 0) is 25.2 Å². The van der Waals surface area contributed by atoms with Crippen molar-refractivity contribution in [3.63, 3.8) is 0 Å². The van der Waals surface area contributed by atoms with E-state index in [2.05, 4.69) is 16.9 Å². The Morgan fingerprint density at radius 1 is 1.16 bits per heavy atom. The second kappa shape index (κ2) is 7.86. The number of rotatable bonds is 3. The normalized spacial score (nSPS) is 18.5. The lowest BCUT2D eigenvalue weighted by molar-refractivity contribution is 0.0696. The zero-order valence-corrected chi connectivity index (χ0v) is 19.3. The fourth-order valence-electron chi connectivity index (χ4n) is 3.93. The van der Waals surface area contributed by atoms with Gasteiger partial charge in [-0.2, -0.15) is 4.31 Å². The molecule has 0 atom stereocenters. The summed E-state index contributed by atoms with van der Waals surface area (Å²) in [4.78, 5) is 22.5. The number of nitrogens with zero attached hydrogens (tertiary/aromatic N) is 4. The first-order chi connectivity index (χ1) is 14.8. The number of sulfonamides is 1. The van der Waals surface area contributed by atoms with E-state index < -0.39 is 10.0 Å². The molecule has 1 aromatic carbocycles. The van der Waals surface area contributed by atoms with Gasteiger partial charge in [0.15, 0.2) is 5.01 Å². The minimum absolute atomic E-state index is 0.110. The molecule has 1 fully saturated rings. The third-order valence-corrected chi connectivity index (χ3v) is 8.74. The molecule has 0 saturated carbocycles. The van der Waals surface area contributed by atoms with Crippen molar-refractivity contribution in [2.45, 2.75) is 18.1 Å². The number of hydrogen-bond donors (Lipinski definition) is 0. The molecule has 31 heavy (non-hydrogen) atoms. The van der Waals surface area contributed by atoms with E-state index in [-0.39, 0.29) is 24.1 Å². The number of thiazole rings is 1. The number of carbonyl (C=O) groups is 1. The van der Waals surface area contributed by atoms with Gasteiger partial charge in [-0.3, -0.25) is 4.79 Å². The molecule has 0 spiro atoms. The van der Waals surface area contributed by atoms with Crippen LogP contribution in [0.25, 0.3) is 11.0 Å². The van der Waals surface area contributed by atoms with Gasteiger partial charge in [0.25, 0.3) is 15.9 Å². The quantitative estimate of drug-likeness (QED) is 0.572. The van der Waals surface area contributed by atoms with Crippen molar-refractivity contribution in [3.05, 3.63) is 44.9 Å². The van der Waals surface area contributed by atoms with E-state index >= 15 is 0 Å². The van der Waals surface area contributed by atoms with Gasteiger partial charge in [0.1, 0.15) is 5.58 Å². The van der Waals surface area contributed by atoms with Gasteiger partial charge in [0.05, 0.1) is 5.69 Å². The van der Waals surface area contributed by atoms with Crippen LogP contribution in [0.2, 0.25) is 5.02 Å². The molecule has 0 bridgehead atoms. The monoisotopic (exact) mass is 480 g/mol. The van der Waals surface area contributed by atoms with Crippen molar-refractivity contribution < 1.29 is 17.6 Å². The molecule has 3 aromatic rings. The molecule has 2 aliphatic rings. The number of carbonyl (C=O) groups excluding carboxylic acids is 1. The highest BCUT2D eigenvalue weighted by atomic mass is 35.5. The zero-order valence-electron chi connectivity index (χ0n) is 16.9. The maximum atomic E-state index is 13.0. The number of fused-ring (bicyclic) bond motifs is 2. The summed E-state index contributed by atoms with van der Waals surface area (Å²) in [5.41, 5.74) is 1.48. The number of furan rings is 1. The Bertz CT molecular complexity index is 1260. The molecule has 5 rings (SSSR count). The van der Waals surface area contributed by atoms with Gasteiger partial charge in [0, 0.05) is 67.0 Å². The van der Waals surface area contributed by atoms with Gasteiger partial charge in [0.2, 0.25) is 5.09 Å². The molecule has 8 nitrogen and oxygen atoms in total. The fourth-order valence-corrected chi connectivity index (χ4v) is 6.63. The van der Waals surface area contributed by atoms with Crippen molar-refractivity contribution in [1.29, 1.82) is 0 Å². The van der Waals surface area contributed by atoms with Gasteiger partial charge in [-0.15, -0.1) is 11.3 Å². The van der Waals surface area contributed by atoms with Crippen LogP contribution in [0.1, 0.15) is 20.4 Å². The maximum Gasteiger partial charge on any atom is 0.282 e. The maximum absolute atomic E-state index is 13.0. The van der Waals surface area contributed by atoms with E-state index in [4.69, 9.17) is 16.0 Å². The van der Waals surface area contributed by atoms with Crippen molar-refractivity contribution in [1.82, 2.24) is 19.1 Å². The molecule has 0 radical (unpaired) electrons. The smallest absolute Gasteiger partial charge is 0.282 e. The summed E-state index contributed by atoms with van der Waals surface area (Å²) >= 11 is 7.43. The number of hydrogen-bond acceptors (Lipinski definition) is 7. The average molecular weight is 481 g/mol. The van der Waals surface area contributed by atoms with Crippen molar-refractivity contribution in [2.75, 3.05) is 39.8 Å². The standard InChI is InChI=1S/C20H21ClN4O4S2/c1-23-5-4-15-17(12-23)30-19(22-15)20(26)24-6-8-25(9-7-24)31(27,28)18-11-13-10-14(21)2-3-16(13)29-18/h2-3,10-11H,4-9,12H2,1H3. The lowest BCUT2D eigenvalue weighted by atomic mass is 10.2. The Balaban J connectivity index is 1.28. The number of aromatic nitrogens is 1. The minimum atomic E-state index is -3.79. The molecule has 164 valence electrons. The van der Waals surface area contributed by atoms with E-state index in [1.54, 1.807) is 23.1 Å². The predicted molar refractivity (Wildman–Crippen MR) is 118 cm³/mol. The number of benzene rings is 1. The van der Waals surface area contributed by atoms with E-state index in [0.29, 0.717) is 34.1 Å². The van der Waals surface area contributed by atoms with Gasteiger partial charge >= 0.3 is 0 Å². The summed E-state index contributed by atoms with van der Waals surface area (Å²) in [5.74, 6) is -0.127. The fraction of sp³-hybridized carbons (Fsp3) is 0.400. The summed E-state index contributed by atoms with van der Waals surface area (Å²) < 4.78 is 33.0. The molecule has 0 aliphatic carbocycles. The van der Waals surface area contributed by atoms with Crippen LogP contribution in [0.5, 0.6) is 0 Å². The van der Waals surface area contributed by atoms with Crippen molar-refractivity contribution >= 4 is 49.8 Å². The molecule has 4 heterocycles. The topological polar surface area (TPSA) is 87.0 Å². The van der Waals surface area contributed by atoms with Gasteiger partial charge in [-0.1, -0.05) is 11.6 Å². The lowest BCUT2D eigenvalue weighted by Crippen LogP contribution is -2.50. The van der Waals surface area contributed by atoms with Crippen molar-refractivity contribution in [3.8, 4) is 0 Å². The van der Waals surface area contributed by atoms with Crippen LogP contribution in [0.3, 0.4) is 0 Å². The van der Waals surface area contributed by atoms with Crippen LogP contribution in [0, 0.1) is 0 Å². The van der Waals surface area contributed by atoms with Crippen LogP contribution < -0.4 is 0 Å². The molecular formula is C20H21ClN4O4S2. The first-order valence-corrected chi connectivity index (χ1v) is 12.6. The third-order valence-electron chi connectivity index (χ3n) is 5.68. The molecule has 2 aromatic heterocycles. The van der Waals surface area contributed by atoms with E-state index in [1.807, 2.05) is 0 Å². The molecule has 1 amide bonds. The van der Waals surface area contributed by atoms with Crippen LogP contribution in [0.4, 0.5) is 0 Å². The molecule has 0 unspecified atom stereocenters. The Kier molecular flexibility index (Phi) is 5.30. The Morgan fingerprint density at radius 2 is 1.94 bits per heavy atom. The first-order valence-electron chi connectivity index (χ1n) is 9.97. The summed E-state index contributed by atoms with van der Waals surface area (Å²) in [6, 6.07) is 6.47. The number of likely N-dealkylation sites (N-methyl/N-ethyl adjacent to an activating group) is 1. The molecular weight excluding hydrogens is 460 g/mol.